The van der Waals surface area contributed by atoms with E-state index in [4.69, 9.17) is 0 Å². The molecule has 2 saturated heterocycles. The molecule has 110 valence electrons. The molecule has 0 saturated carbocycles. The zero-order valence-corrected chi connectivity index (χ0v) is 12.3. The lowest BCUT2D eigenvalue weighted by molar-refractivity contribution is 0.220. The largest absolute Gasteiger partial charge is 0.310 e. The highest BCUT2D eigenvalue weighted by Gasteiger charge is 2.28. The van der Waals surface area contributed by atoms with Crippen LogP contribution in [0, 0.1) is 0 Å². The van der Waals surface area contributed by atoms with Crippen LogP contribution >= 0.6 is 0 Å². The first kappa shape index (κ1) is 14.0. The van der Waals surface area contributed by atoms with Crippen LogP contribution in [0.1, 0.15) is 25.0 Å². The lowest BCUT2D eigenvalue weighted by atomic mass is 10.2. The van der Waals surface area contributed by atoms with Gasteiger partial charge in [0.1, 0.15) is 0 Å². The van der Waals surface area contributed by atoms with Crippen LogP contribution in [0.2, 0.25) is 0 Å². The molecular formula is C16H26N4. The summed E-state index contributed by atoms with van der Waals surface area (Å²) in [6, 6.07) is 6.92. The quantitative estimate of drug-likeness (QED) is 0.821. The van der Waals surface area contributed by atoms with Crippen LogP contribution in [0.3, 0.4) is 0 Å². The van der Waals surface area contributed by atoms with Gasteiger partial charge in [-0.1, -0.05) is 6.07 Å². The minimum Gasteiger partial charge on any atom is -0.310 e. The van der Waals surface area contributed by atoms with Crippen molar-refractivity contribution >= 4 is 0 Å². The Bertz CT molecular complexity index is 395. The van der Waals surface area contributed by atoms with E-state index in [0.29, 0.717) is 0 Å². The number of hydrogen-bond acceptors (Lipinski definition) is 4. The predicted octanol–water partition coefficient (Wildman–Crippen LogP) is 1.34. The molecule has 4 heteroatoms. The summed E-state index contributed by atoms with van der Waals surface area (Å²) in [5.41, 5.74) is 1.13. The van der Waals surface area contributed by atoms with E-state index in [1.54, 1.807) is 0 Å². The van der Waals surface area contributed by atoms with Crippen LogP contribution in [0.25, 0.3) is 0 Å². The zero-order valence-electron chi connectivity index (χ0n) is 12.3. The average molecular weight is 274 g/mol. The summed E-state index contributed by atoms with van der Waals surface area (Å²) in [7, 11) is 0. The predicted molar refractivity (Wildman–Crippen MR) is 81.6 cm³/mol. The van der Waals surface area contributed by atoms with Gasteiger partial charge in [0.05, 0.1) is 5.69 Å². The van der Waals surface area contributed by atoms with E-state index in [1.807, 2.05) is 18.3 Å². The standard InChI is InChI=1S/C16H26N4/c1-2-7-18-15(5-1)13-17-8-12-19-9-4-11-20-10-3-6-16(20)14-19/h1-2,5,7,16-17H,3-4,6,8-14H2. The fourth-order valence-corrected chi connectivity index (χ4v) is 3.44. The highest BCUT2D eigenvalue weighted by atomic mass is 15.3. The minimum atomic E-state index is 0.827. The van der Waals surface area contributed by atoms with E-state index < -0.39 is 0 Å². The minimum absolute atomic E-state index is 0.827. The van der Waals surface area contributed by atoms with Gasteiger partial charge in [0, 0.05) is 38.4 Å². The van der Waals surface area contributed by atoms with E-state index in [-0.39, 0.29) is 0 Å². The summed E-state index contributed by atoms with van der Waals surface area (Å²) >= 11 is 0. The molecular weight excluding hydrogens is 248 g/mol. The lowest BCUT2D eigenvalue weighted by Gasteiger charge is -2.25. The summed E-state index contributed by atoms with van der Waals surface area (Å²) in [5, 5.41) is 3.51. The summed E-state index contributed by atoms with van der Waals surface area (Å²) in [6.45, 7) is 8.27. The highest BCUT2D eigenvalue weighted by molar-refractivity contribution is 5.02. The van der Waals surface area contributed by atoms with Crippen molar-refractivity contribution in [1.29, 1.82) is 0 Å². The van der Waals surface area contributed by atoms with Crippen molar-refractivity contribution in [3.8, 4) is 0 Å². The van der Waals surface area contributed by atoms with Crippen molar-refractivity contribution < 1.29 is 0 Å². The molecule has 2 fully saturated rings. The lowest BCUT2D eigenvalue weighted by Crippen LogP contribution is -2.39. The maximum Gasteiger partial charge on any atom is 0.0541 e. The van der Waals surface area contributed by atoms with Gasteiger partial charge in [-0.2, -0.15) is 0 Å². The second-order valence-corrected chi connectivity index (χ2v) is 5.98. The molecule has 20 heavy (non-hydrogen) atoms. The Kier molecular flexibility index (Phi) is 5.01. The summed E-state index contributed by atoms with van der Waals surface area (Å²) < 4.78 is 0. The van der Waals surface area contributed by atoms with Gasteiger partial charge in [-0.3, -0.25) is 9.88 Å². The normalized spacial score (nSPS) is 24.5. The smallest absolute Gasteiger partial charge is 0.0541 e. The van der Waals surface area contributed by atoms with Gasteiger partial charge in [-0.05, 0) is 51.0 Å². The Morgan fingerprint density at radius 2 is 2.15 bits per heavy atom. The molecule has 0 bridgehead atoms. The number of nitrogens with zero attached hydrogens (tertiary/aromatic N) is 3. The number of nitrogens with one attached hydrogen (secondary N) is 1. The number of hydrogen-bond donors (Lipinski definition) is 1. The second-order valence-electron chi connectivity index (χ2n) is 5.98. The molecule has 1 aromatic rings. The van der Waals surface area contributed by atoms with Gasteiger partial charge in [-0.15, -0.1) is 0 Å². The summed E-state index contributed by atoms with van der Waals surface area (Å²) in [4.78, 5) is 9.67. The Morgan fingerprint density at radius 3 is 3.05 bits per heavy atom. The van der Waals surface area contributed by atoms with E-state index >= 15 is 0 Å². The molecule has 0 amide bonds. The van der Waals surface area contributed by atoms with E-state index in [0.717, 1.165) is 31.4 Å². The van der Waals surface area contributed by atoms with Gasteiger partial charge in [0.2, 0.25) is 0 Å². The van der Waals surface area contributed by atoms with Crippen molar-refractivity contribution in [3.05, 3.63) is 30.1 Å². The molecule has 2 aliphatic rings. The maximum absolute atomic E-state index is 4.34. The fourth-order valence-electron chi connectivity index (χ4n) is 3.44. The Labute approximate surface area is 122 Å². The molecule has 0 aliphatic carbocycles. The Hall–Kier alpha value is -0.970. The van der Waals surface area contributed by atoms with Gasteiger partial charge in [0.25, 0.3) is 0 Å². The third kappa shape index (κ3) is 3.78. The van der Waals surface area contributed by atoms with Crippen molar-refractivity contribution in [2.75, 3.05) is 39.3 Å². The fraction of sp³-hybridized carbons (Fsp3) is 0.688. The first-order valence-electron chi connectivity index (χ1n) is 7.99. The Morgan fingerprint density at radius 1 is 1.20 bits per heavy atom. The molecule has 3 rings (SSSR count). The summed E-state index contributed by atoms with van der Waals surface area (Å²) in [6.07, 6.45) is 5.99. The first-order chi connectivity index (χ1) is 9.92. The number of rotatable bonds is 5. The first-order valence-corrected chi connectivity index (χ1v) is 7.99. The van der Waals surface area contributed by atoms with Crippen LogP contribution in [-0.4, -0.2) is 60.1 Å². The molecule has 1 aromatic heterocycles. The molecule has 0 radical (unpaired) electrons. The van der Waals surface area contributed by atoms with Crippen molar-refractivity contribution in [2.24, 2.45) is 0 Å². The number of pyridine rings is 1. The zero-order chi connectivity index (χ0) is 13.6. The van der Waals surface area contributed by atoms with Crippen LogP contribution < -0.4 is 5.32 Å². The van der Waals surface area contributed by atoms with Crippen molar-refractivity contribution in [1.82, 2.24) is 20.1 Å². The SMILES string of the molecule is c1ccc(CNCCN2CCCN3CCCC3C2)nc1. The highest BCUT2D eigenvalue weighted by Crippen LogP contribution is 2.20. The second kappa shape index (κ2) is 7.16. The van der Waals surface area contributed by atoms with Crippen LogP contribution in [0.5, 0.6) is 0 Å². The molecule has 1 unspecified atom stereocenters. The van der Waals surface area contributed by atoms with Crippen LogP contribution in [-0.2, 0) is 6.54 Å². The van der Waals surface area contributed by atoms with E-state index in [2.05, 4.69) is 26.2 Å². The molecule has 1 atom stereocenters. The summed E-state index contributed by atoms with van der Waals surface area (Å²) in [5.74, 6) is 0. The van der Waals surface area contributed by atoms with Gasteiger partial charge >= 0.3 is 0 Å². The third-order valence-corrected chi connectivity index (χ3v) is 4.52. The van der Waals surface area contributed by atoms with Crippen LogP contribution in [0.15, 0.2) is 24.4 Å². The molecule has 3 heterocycles. The van der Waals surface area contributed by atoms with Crippen molar-refractivity contribution in [2.45, 2.75) is 31.8 Å². The average Bonchev–Trinajstić information content (AvgIpc) is 2.83. The van der Waals surface area contributed by atoms with E-state index in [1.165, 1.54) is 45.4 Å². The molecule has 0 aromatic carbocycles. The van der Waals surface area contributed by atoms with Crippen LogP contribution in [0.4, 0.5) is 0 Å². The van der Waals surface area contributed by atoms with E-state index in [9.17, 15) is 0 Å². The Balaban J connectivity index is 1.37. The molecule has 0 spiro atoms. The third-order valence-electron chi connectivity index (χ3n) is 4.52. The molecule has 2 aliphatic heterocycles. The maximum atomic E-state index is 4.34. The number of aromatic nitrogens is 1. The number of fused-ring (bicyclic) bond motifs is 1. The van der Waals surface area contributed by atoms with Gasteiger partial charge in [0.15, 0.2) is 0 Å². The van der Waals surface area contributed by atoms with Gasteiger partial charge < -0.3 is 10.2 Å². The molecule has 1 N–H and O–H groups in total. The topological polar surface area (TPSA) is 31.4 Å². The molecule has 4 nitrogen and oxygen atoms in total. The van der Waals surface area contributed by atoms with Gasteiger partial charge in [-0.25, -0.2) is 0 Å². The monoisotopic (exact) mass is 274 g/mol. The van der Waals surface area contributed by atoms with Crippen molar-refractivity contribution in [3.63, 3.8) is 0 Å².